The topological polar surface area (TPSA) is 80.8 Å². The molecule has 7 heteroatoms. The fraction of sp³-hybridized carbons (Fsp3) is 0.579. The van der Waals surface area contributed by atoms with Crippen LogP contribution in [0.4, 0.5) is 0 Å². The Hall–Kier alpha value is -1.73. The van der Waals surface area contributed by atoms with Gasteiger partial charge in [0.05, 0.1) is 10.5 Å². The van der Waals surface area contributed by atoms with E-state index in [9.17, 15) is 18.0 Å². The number of piperidine rings is 1. The molecule has 0 bridgehead atoms. The van der Waals surface area contributed by atoms with Crippen LogP contribution in [0.1, 0.15) is 62.2 Å². The Bertz CT molecular complexity index is 789. The summed E-state index contributed by atoms with van der Waals surface area (Å²) in [5, 5.41) is 0. The Morgan fingerprint density at radius 2 is 1.92 bits per heavy atom. The predicted octanol–water partition coefficient (Wildman–Crippen LogP) is 2.92. The summed E-state index contributed by atoms with van der Waals surface area (Å²) in [5.74, 6) is -0.704. The number of sulfonamides is 1. The number of rotatable bonds is 4. The van der Waals surface area contributed by atoms with E-state index >= 15 is 0 Å². The normalized spacial score (nSPS) is 25.0. The van der Waals surface area contributed by atoms with Crippen molar-refractivity contribution in [1.82, 2.24) is 4.31 Å². The van der Waals surface area contributed by atoms with Crippen LogP contribution in [0.2, 0.25) is 0 Å². The van der Waals surface area contributed by atoms with Gasteiger partial charge in [-0.2, -0.15) is 4.31 Å². The minimum atomic E-state index is -3.65. The molecule has 3 rings (SSSR count). The summed E-state index contributed by atoms with van der Waals surface area (Å²) in [4.78, 5) is 24.3. The molecule has 2 unspecified atom stereocenters. The summed E-state index contributed by atoms with van der Waals surface area (Å²) in [7, 11) is -3.65. The van der Waals surface area contributed by atoms with Gasteiger partial charge in [-0.1, -0.05) is 12.5 Å². The lowest BCUT2D eigenvalue weighted by molar-refractivity contribution is -0.129. The third-order valence-electron chi connectivity index (χ3n) is 5.17. The Balaban J connectivity index is 1.79. The Morgan fingerprint density at radius 3 is 2.65 bits per heavy atom. The van der Waals surface area contributed by atoms with Crippen molar-refractivity contribution in [2.24, 2.45) is 0 Å². The molecule has 0 aromatic heterocycles. The van der Waals surface area contributed by atoms with Crippen molar-refractivity contribution in [1.29, 1.82) is 0 Å². The van der Waals surface area contributed by atoms with Crippen molar-refractivity contribution in [3.8, 4) is 0 Å². The number of nitrogens with zero attached hydrogens (tertiary/aromatic N) is 1. The lowest BCUT2D eigenvalue weighted by Crippen LogP contribution is -2.41. The first-order chi connectivity index (χ1) is 12.4. The Labute approximate surface area is 154 Å². The van der Waals surface area contributed by atoms with E-state index in [-0.39, 0.29) is 22.3 Å². The second-order valence-electron chi connectivity index (χ2n) is 7.09. The number of esters is 1. The van der Waals surface area contributed by atoms with Crippen molar-refractivity contribution < 1.29 is 22.7 Å². The number of benzene rings is 1. The second-order valence-corrected chi connectivity index (χ2v) is 8.98. The van der Waals surface area contributed by atoms with Crippen LogP contribution < -0.4 is 0 Å². The SMILES string of the molecule is CC1CCCCN1S(=O)(=O)c1cccc(C(=O)OC2CCCCC2=O)c1. The minimum Gasteiger partial charge on any atom is -0.451 e. The first-order valence-corrected chi connectivity index (χ1v) is 10.7. The first kappa shape index (κ1) is 19.0. The lowest BCUT2D eigenvalue weighted by Gasteiger charge is -2.32. The molecular weight excluding hydrogens is 354 g/mol. The number of ether oxygens (including phenoxy) is 1. The average Bonchev–Trinajstić information content (AvgIpc) is 2.64. The molecule has 0 spiro atoms. The van der Waals surface area contributed by atoms with Gasteiger partial charge in [0.2, 0.25) is 10.0 Å². The van der Waals surface area contributed by atoms with Crippen LogP contribution in [0.15, 0.2) is 29.2 Å². The molecule has 142 valence electrons. The van der Waals surface area contributed by atoms with E-state index in [4.69, 9.17) is 4.74 Å². The molecule has 6 nitrogen and oxygen atoms in total. The van der Waals surface area contributed by atoms with E-state index in [2.05, 4.69) is 0 Å². The molecule has 1 aromatic carbocycles. The third-order valence-corrected chi connectivity index (χ3v) is 7.18. The number of carbonyl (C=O) groups is 2. The molecule has 0 N–H and O–H groups in total. The summed E-state index contributed by atoms with van der Waals surface area (Å²) in [6.07, 6.45) is 4.64. The molecule has 1 heterocycles. The lowest BCUT2D eigenvalue weighted by atomic mass is 9.96. The highest BCUT2D eigenvalue weighted by molar-refractivity contribution is 7.89. The maximum atomic E-state index is 12.9. The number of hydrogen-bond donors (Lipinski definition) is 0. The molecule has 1 saturated carbocycles. The minimum absolute atomic E-state index is 0.0517. The van der Waals surface area contributed by atoms with Crippen LogP contribution >= 0.6 is 0 Å². The first-order valence-electron chi connectivity index (χ1n) is 9.25. The van der Waals surface area contributed by atoms with Gasteiger partial charge in [-0.25, -0.2) is 13.2 Å². The number of carbonyl (C=O) groups excluding carboxylic acids is 2. The second kappa shape index (κ2) is 7.88. The maximum Gasteiger partial charge on any atom is 0.338 e. The zero-order chi connectivity index (χ0) is 18.7. The third kappa shape index (κ3) is 3.99. The molecule has 2 aliphatic rings. The van der Waals surface area contributed by atoms with E-state index < -0.39 is 22.1 Å². The summed E-state index contributed by atoms with van der Waals surface area (Å²) < 4.78 is 32.7. The van der Waals surface area contributed by atoms with E-state index in [1.807, 2.05) is 6.92 Å². The average molecular weight is 379 g/mol. The van der Waals surface area contributed by atoms with Gasteiger partial charge in [0.1, 0.15) is 0 Å². The van der Waals surface area contributed by atoms with E-state index in [0.717, 1.165) is 32.1 Å². The van der Waals surface area contributed by atoms with Gasteiger partial charge in [0, 0.05) is 19.0 Å². The highest BCUT2D eigenvalue weighted by Crippen LogP contribution is 2.26. The standard InChI is InChI=1S/C19H25NO5S/c1-14-7-4-5-12-20(14)26(23,24)16-9-6-8-15(13-16)19(22)25-18-11-3-2-10-17(18)21/h6,8-9,13-14,18H,2-5,7,10-12H2,1H3. The predicted molar refractivity (Wildman–Crippen MR) is 96.3 cm³/mol. The van der Waals surface area contributed by atoms with E-state index in [1.54, 1.807) is 6.07 Å². The molecule has 1 saturated heterocycles. The summed E-state index contributed by atoms with van der Waals surface area (Å²) in [6.45, 7) is 2.40. The van der Waals surface area contributed by atoms with Crippen LogP contribution in [0, 0.1) is 0 Å². The largest absolute Gasteiger partial charge is 0.451 e. The van der Waals surface area contributed by atoms with Crippen LogP contribution in [-0.4, -0.2) is 43.2 Å². The zero-order valence-electron chi connectivity index (χ0n) is 15.0. The van der Waals surface area contributed by atoms with Gasteiger partial charge in [0.15, 0.2) is 11.9 Å². The highest BCUT2D eigenvalue weighted by atomic mass is 32.2. The Kier molecular flexibility index (Phi) is 5.77. The molecular formula is C19H25NO5S. The van der Waals surface area contributed by atoms with Crippen LogP contribution in [-0.2, 0) is 19.6 Å². The van der Waals surface area contributed by atoms with Crippen LogP contribution in [0.3, 0.4) is 0 Å². The van der Waals surface area contributed by atoms with Crippen LogP contribution in [0.5, 0.6) is 0 Å². The van der Waals surface area contributed by atoms with Gasteiger partial charge in [-0.05, 0) is 57.2 Å². The summed E-state index contributed by atoms with van der Waals surface area (Å²) in [6, 6.07) is 5.87. The van der Waals surface area contributed by atoms with Crippen molar-refractivity contribution >= 4 is 21.8 Å². The number of ketones is 1. The van der Waals surface area contributed by atoms with Crippen molar-refractivity contribution in [3.63, 3.8) is 0 Å². The molecule has 1 aliphatic carbocycles. The molecule has 0 radical (unpaired) electrons. The fourth-order valence-corrected chi connectivity index (χ4v) is 5.37. The van der Waals surface area contributed by atoms with Gasteiger partial charge in [-0.15, -0.1) is 0 Å². The highest BCUT2D eigenvalue weighted by Gasteiger charge is 2.32. The van der Waals surface area contributed by atoms with Gasteiger partial charge in [0.25, 0.3) is 0 Å². The monoisotopic (exact) mass is 379 g/mol. The molecule has 26 heavy (non-hydrogen) atoms. The fourth-order valence-electron chi connectivity index (χ4n) is 3.62. The smallest absolute Gasteiger partial charge is 0.338 e. The maximum absolute atomic E-state index is 12.9. The number of Topliss-reactive ketones (excluding diaryl/α,β-unsaturated/α-hetero) is 1. The van der Waals surface area contributed by atoms with E-state index in [0.29, 0.717) is 19.4 Å². The zero-order valence-corrected chi connectivity index (χ0v) is 15.8. The quantitative estimate of drug-likeness (QED) is 0.752. The molecule has 1 aromatic rings. The van der Waals surface area contributed by atoms with Crippen molar-refractivity contribution in [3.05, 3.63) is 29.8 Å². The van der Waals surface area contributed by atoms with E-state index in [1.165, 1.54) is 22.5 Å². The van der Waals surface area contributed by atoms with Crippen molar-refractivity contribution in [2.45, 2.75) is 68.9 Å². The number of hydrogen-bond acceptors (Lipinski definition) is 5. The van der Waals surface area contributed by atoms with Gasteiger partial charge in [-0.3, -0.25) is 4.79 Å². The molecule has 2 atom stereocenters. The van der Waals surface area contributed by atoms with Crippen LogP contribution in [0.25, 0.3) is 0 Å². The Morgan fingerprint density at radius 1 is 1.15 bits per heavy atom. The van der Waals surface area contributed by atoms with Crippen molar-refractivity contribution in [2.75, 3.05) is 6.54 Å². The molecule has 0 amide bonds. The molecule has 1 aliphatic heterocycles. The summed E-state index contributed by atoms with van der Waals surface area (Å²) in [5.41, 5.74) is 0.161. The molecule has 2 fully saturated rings. The summed E-state index contributed by atoms with van der Waals surface area (Å²) >= 11 is 0. The van der Waals surface area contributed by atoms with Gasteiger partial charge < -0.3 is 4.74 Å². The van der Waals surface area contributed by atoms with Gasteiger partial charge >= 0.3 is 5.97 Å².